The van der Waals surface area contributed by atoms with Gasteiger partial charge < -0.3 is 4.90 Å². The van der Waals surface area contributed by atoms with Crippen LogP contribution < -0.4 is 0 Å². The Morgan fingerprint density at radius 2 is 1.10 bits per heavy atom. The lowest BCUT2D eigenvalue weighted by Gasteiger charge is -2.38. The molecule has 0 N–H and O–H groups in total. The van der Waals surface area contributed by atoms with Crippen molar-refractivity contribution in [3.8, 4) is 0 Å². The maximum atomic E-state index is 2.76. The number of unbranched alkanes of at least 4 members (excludes halogenated alkanes) is 9. The van der Waals surface area contributed by atoms with E-state index < -0.39 is 0 Å². The van der Waals surface area contributed by atoms with Crippen LogP contribution in [0.15, 0.2) is 0 Å². The topological polar surface area (TPSA) is 3.24 Å². The highest BCUT2D eigenvalue weighted by atomic mass is 15.2. The van der Waals surface area contributed by atoms with Gasteiger partial charge in [-0.1, -0.05) is 84.5 Å². The van der Waals surface area contributed by atoms with E-state index >= 15 is 0 Å². The molecule has 0 aromatic heterocycles. The second-order valence-corrected chi connectivity index (χ2v) is 6.80. The van der Waals surface area contributed by atoms with Crippen LogP contribution in [0.3, 0.4) is 0 Å². The van der Waals surface area contributed by atoms with Gasteiger partial charge in [0.2, 0.25) is 0 Å². The maximum absolute atomic E-state index is 2.76. The Hall–Kier alpha value is -0.0400. The first-order valence-corrected chi connectivity index (χ1v) is 9.62. The van der Waals surface area contributed by atoms with Gasteiger partial charge in [-0.05, 0) is 32.4 Å². The Kier molecular flexibility index (Phi) is 11.4. The van der Waals surface area contributed by atoms with Gasteiger partial charge in [-0.15, -0.1) is 0 Å². The third kappa shape index (κ3) is 8.29. The lowest BCUT2D eigenvalue weighted by Crippen LogP contribution is -2.45. The zero-order valence-corrected chi connectivity index (χ0v) is 14.3. The third-order valence-electron chi connectivity index (χ3n) is 4.94. The highest BCUT2D eigenvalue weighted by molar-refractivity contribution is 4.78. The first-order chi connectivity index (χ1) is 9.88. The average Bonchev–Trinajstić information content (AvgIpc) is 2.40. The van der Waals surface area contributed by atoms with E-state index in [1.807, 2.05) is 0 Å². The molecule has 20 heavy (non-hydrogen) atoms. The zero-order chi connectivity index (χ0) is 14.5. The summed E-state index contributed by atoms with van der Waals surface area (Å²) in [5.41, 5.74) is 0. The predicted octanol–water partition coefficient (Wildman–Crippen LogP) is 6.17. The number of nitrogens with zero attached hydrogens (tertiary/aromatic N) is 1. The molecule has 0 aromatic carbocycles. The van der Waals surface area contributed by atoms with E-state index in [1.165, 1.54) is 103 Å². The van der Waals surface area contributed by atoms with Gasteiger partial charge in [0.1, 0.15) is 0 Å². The minimum Gasteiger partial charge on any atom is -0.300 e. The Bertz CT molecular complexity index is 198. The largest absolute Gasteiger partial charge is 0.300 e. The first-order valence-electron chi connectivity index (χ1n) is 9.62. The van der Waals surface area contributed by atoms with Gasteiger partial charge in [0.25, 0.3) is 0 Å². The van der Waals surface area contributed by atoms with Gasteiger partial charge in [0.15, 0.2) is 0 Å². The van der Waals surface area contributed by atoms with Crippen molar-refractivity contribution in [1.29, 1.82) is 0 Å². The van der Waals surface area contributed by atoms with E-state index in [-0.39, 0.29) is 0 Å². The summed E-state index contributed by atoms with van der Waals surface area (Å²) in [5, 5.41) is 0. The van der Waals surface area contributed by atoms with E-state index in [1.54, 1.807) is 0 Å². The van der Waals surface area contributed by atoms with E-state index in [2.05, 4.69) is 18.7 Å². The summed E-state index contributed by atoms with van der Waals surface area (Å²) in [6.07, 6.45) is 20.3. The third-order valence-corrected chi connectivity index (χ3v) is 4.94. The lowest BCUT2D eigenvalue weighted by molar-refractivity contribution is 0.101. The van der Waals surface area contributed by atoms with Crippen molar-refractivity contribution in [2.24, 2.45) is 0 Å². The summed E-state index contributed by atoms with van der Waals surface area (Å²) in [5.74, 6) is 0. The molecule has 1 heteroatoms. The maximum Gasteiger partial charge on any atom is 0.00952 e. The Morgan fingerprint density at radius 3 is 1.50 bits per heavy atom. The van der Waals surface area contributed by atoms with Crippen LogP contribution in [-0.4, -0.2) is 24.0 Å². The van der Waals surface area contributed by atoms with Crippen molar-refractivity contribution in [3.05, 3.63) is 0 Å². The molecule has 120 valence electrons. The second-order valence-electron chi connectivity index (χ2n) is 6.80. The molecule has 1 nitrogen and oxygen atoms in total. The van der Waals surface area contributed by atoms with Gasteiger partial charge in [0, 0.05) is 6.04 Å². The molecular formula is C19H39N. The SMILES string of the molecule is CCCCCCCCC(CCCCCCC)N1CCC1. The van der Waals surface area contributed by atoms with Gasteiger partial charge >= 0.3 is 0 Å². The second kappa shape index (κ2) is 12.7. The number of rotatable bonds is 14. The van der Waals surface area contributed by atoms with Crippen LogP contribution in [0.5, 0.6) is 0 Å². The Morgan fingerprint density at radius 1 is 0.650 bits per heavy atom. The number of likely N-dealkylation sites (tertiary alicyclic amines) is 1. The van der Waals surface area contributed by atoms with Crippen molar-refractivity contribution in [2.75, 3.05) is 13.1 Å². The van der Waals surface area contributed by atoms with Gasteiger partial charge in [-0.25, -0.2) is 0 Å². The van der Waals surface area contributed by atoms with Crippen LogP contribution in [0.25, 0.3) is 0 Å². The zero-order valence-electron chi connectivity index (χ0n) is 14.3. The molecule has 1 heterocycles. The van der Waals surface area contributed by atoms with Gasteiger partial charge in [0.05, 0.1) is 0 Å². The van der Waals surface area contributed by atoms with E-state index in [9.17, 15) is 0 Å². The predicted molar refractivity (Wildman–Crippen MR) is 91.3 cm³/mol. The summed E-state index contributed by atoms with van der Waals surface area (Å²) in [6.45, 7) is 7.38. The monoisotopic (exact) mass is 281 g/mol. The molecule has 1 aliphatic heterocycles. The molecule has 1 unspecified atom stereocenters. The molecule has 0 aromatic rings. The molecule has 1 atom stereocenters. The van der Waals surface area contributed by atoms with Crippen LogP contribution in [0.1, 0.15) is 104 Å². The molecule has 1 aliphatic rings. The summed E-state index contributed by atoms with van der Waals surface area (Å²) in [6, 6.07) is 0.927. The molecule has 0 spiro atoms. The molecule has 0 saturated carbocycles. The molecule has 1 saturated heterocycles. The standard InChI is InChI=1S/C19H39N/c1-3-5-7-9-11-13-16-19(20-17-14-18-20)15-12-10-8-6-4-2/h19H,3-18H2,1-2H3. The fourth-order valence-electron chi connectivity index (χ4n) is 3.36. The van der Waals surface area contributed by atoms with Gasteiger partial charge in [-0.2, -0.15) is 0 Å². The van der Waals surface area contributed by atoms with E-state index in [0.717, 1.165) is 6.04 Å². The average molecular weight is 282 g/mol. The van der Waals surface area contributed by atoms with Gasteiger partial charge in [-0.3, -0.25) is 0 Å². The van der Waals surface area contributed by atoms with Crippen LogP contribution in [0.4, 0.5) is 0 Å². The summed E-state index contributed by atoms with van der Waals surface area (Å²) in [7, 11) is 0. The minimum atomic E-state index is 0.927. The van der Waals surface area contributed by atoms with Crippen molar-refractivity contribution < 1.29 is 0 Å². The van der Waals surface area contributed by atoms with Crippen LogP contribution in [0.2, 0.25) is 0 Å². The van der Waals surface area contributed by atoms with Crippen LogP contribution >= 0.6 is 0 Å². The normalized spacial score (nSPS) is 17.1. The highest BCUT2D eigenvalue weighted by Gasteiger charge is 2.22. The van der Waals surface area contributed by atoms with Crippen molar-refractivity contribution >= 4 is 0 Å². The van der Waals surface area contributed by atoms with Crippen LogP contribution in [-0.2, 0) is 0 Å². The fourth-order valence-corrected chi connectivity index (χ4v) is 3.36. The van der Waals surface area contributed by atoms with E-state index in [4.69, 9.17) is 0 Å². The van der Waals surface area contributed by atoms with Crippen molar-refractivity contribution in [1.82, 2.24) is 4.90 Å². The number of hydrogen-bond acceptors (Lipinski definition) is 1. The summed E-state index contributed by atoms with van der Waals surface area (Å²) < 4.78 is 0. The fraction of sp³-hybridized carbons (Fsp3) is 1.00. The molecule has 0 amide bonds. The Balaban J connectivity index is 2.03. The molecule has 1 fully saturated rings. The molecule has 0 bridgehead atoms. The smallest absolute Gasteiger partial charge is 0.00952 e. The van der Waals surface area contributed by atoms with E-state index in [0.29, 0.717) is 0 Å². The molecule has 1 rings (SSSR count). The van der Waals surface area contributed by atoms with Crippen LogP contribution in [0, 0.1) is 0 Å². The summed E-state index contributed by atoms with van der Waals surface area (Å²) >= 11 is 0. The molecule has 0 radical (unpaired) electrons. The summed E-state index contributed by atoms with van der Waals surface area (Å²) in [4.78, 5) is 2.76. The Labute approximate surface area is 128 Å². The number of hydrogen-bond donors (Lipinski definition) is 0. The first kappa shape index (κ1) is 18.0. The quantitative estimate of drug-likeness (QED) is 0.344. The lowest BCUT2D eigenvalue weighted by atomic mass is 9.96. The highest BCUT2D eigenvalue weighted by Crippen LogP contribution is 2.22. The van der Waals surface area contributed by atoms with Crippen molar-refractivity contribution in [2.45, 2.75) is 110 Å². The minimum absolute atomic E-state index is 0.927. The molecular weight excluding hydrogens is 242 g/mol. The van der Waals surface area contributed by atoms with Crippen molar-refractivity contribution in [3.63, 3.8) is 0 Å². The molecule has 0 aliphatic carbocycles.